The normalized spacial score (nSPS) is 10.0. The molecule has 0 fully saturated rings. The van der Waals surface area contributed by atoms with Gasteiger partial charge in [-0.15, -0.1) is 0 Å². The van der Waals surface area contributed by atoms with Gasteiger partial charge in [0, 0.05) is 11.5 Å². The number of hydrogen-bond donors (Lipinski definition) is 0. The fourth-order valence-electron chi connectivity index (χ4n) is 1.09. The van der Waals surface area contributed by atoms with Gasteiger partial charge in [0.25, 0.3) is 0 Å². The second-order valence-corrected chi connectivity index (χ2v) is 2.46. The minimum absolute atomic E-state index is 0.355. The van der Waals surface area contributed by atoms with E-state index < -0.39 is 0 Å². The van der Waals surface area contributed by atoms with Crippen LogP contribution in [0.5, 0.6) is 0 Å². The lowest BCUT2D eigenvalue weighted by atomic mass is 10.2. The first-order valence-corrected chi connectivity index (χ1v) is 3.63. The number of aldehydes is 1. The maximum Gasteiger partial charge on any atom is 0.169 e. The van der Waals surface area contributed by atoms with Gasteiger partial charge in [0.15, 0.2) is 6.29 Å². The number of hydrogen-bond acceptors (Lipinski definition) is 2. The summed E-state index contributed by atoms with van der Waals surface area (Å²) in [5, 5.41) is 1.00. The van der Waals surface area contributed by atoms with Gasteiger partial charge in [0.05, 0.1) is 5.52 Å². The summed E-state index contributed by atoms with van der Waals surface area (Å²) in [7, 11) is 0. The molecule has 2 heteroatoms. The Morgan fingerprint density at radius 2 is 2.17 bits per heavy atom. The number of fused-ring (bicyclic) bond motifs is 1. The lowest BCUT2D eigenvalue weighted by molar-refractivity contribution is 0.111. The molecule has 0 aliphatic rings. The fraction of sp³-hybridized carbons (Fsp3) is 0. The molecule has 2 nitrogen and oxygen atoms in total. The zero-order chi connectivity index (χ0) is 8.39. The van der Waals surface area contributed by atoms with E-state index in [9.17, 15) is 4.79 Å². The van der Waals surface area contributed by atoms with Crippen molar-refractivity contribution in [1.29, 1.82) is 0 Å². The average Bonchev–Trinajstić information content (AvgIpc) is 2.17. The smallest absolute Gasteiger partial charge is 0.169 e. The van der Waals surface area contributed by atoms with Gasteiger partial charge in [-0.3, -0.25) is 4.79 Å². The Morgan fingerprint density at radius 1 is 1.33 bits per heavy atom. The van der Waals surface area contributed by atoms with Crippen LogP contribution in [0.15, 0.2) is 30.3 Å². The molecule has 0 N–H and O–H groups in total. The van der Waals surface area contributed by atoms with E-state index in [1.54, 1.807) is 6.07 Å². The van der Waals surface area contributed by atoms with E-state index in [1.807, 2.05) is 24.3 Å². The van der Waals surface area contributed by atoms with Crippen molar-refractivity contribution in [2.75, 3.05) is 0 Å². The molecule has 0 amide bonds. The molecule has 12 heavy (non-hydrogen) atoms. The topological polar surface area (TPSA) is 30.0 Å². The molecular weight excluding hydrogens is 150 g/mol. The summed E-state index contributed by atoms with van der Waals surface area (Å²) in [6, 6.07) is 12.2. The predicted molar refractivity (Wildman–Crippen MR) is 46.0 cm³/mol. The molecule has 1 aromatic carbocycles. The zero-order valence-corrected chi connectivity index (χ0v) is 6.32. The van der Waals surface area contributed by atoms with Crippen molar-refractivity contribution >= 4 is 17.2 Å². The van der Waals surface area contributed by atoms with E-state index in [0.717, 1.165) is 10.9 Å². The maximum atomic E-state index is 10.4. The molecule has 1 aromatic heterocycles. The number of carbonyl (C=O) groups is 1. The quantitative estimate of drug-likeness (QED) is 0.590. The average molecular weight is 156 g/mol. The summed E-state index contributed by atoms with van der Waals surface area (Å²) in [6.45, 7) is 0. The molecule has 57 valence electrons. The van der Waals surface area contributed by atoms with Crippen molar-refractivity contribution in [3.05, 3.63) is 42.1 Å². The van der Waals surface area contributed by atoms with Gasteiger partial charge in [-0.25, -0.2) is 4.98 Å². The largest absolute Gasteiger partial charge is 0.296 e. The molecule has 2 aromatic rings. The molecule has 0 aliphatic carbocycles. The van der Waals surface area contributed by atoms with Crippen LogP contribution in [0, 0.1) is 6.07 Å². The highest BCUT2D eigenvalue weighted by atomic mass is 16.1. The molecule has 0 bridgehead atoms. The van der Waals surface area contributed by atoms with Crippen molar-refractivity contribution in [1.82, 2.24) is 4.98 Å². The number of carbonyl (C=O) groups excluding carboxylic acids is 1. The third-order valence-electron chi connectivity index (χ3n) is 1.66. The van der Waals surface area contributed by atoms with E-state index >= 15 is 0 Å². The number of para-hydroxylation sites is 1. The summed E-state index contributed by atoms with van der Waals surface area (Å²) in [5.74, 6) is 0. The molecule has 1 heterocycles. The summed E-state index contributed by atoms with van der Waals surface area (Å²) in [5.41, 5.74) is 1.19. The van der Waals surface area contributed by atoms with Gasteiger partial charge >= 0.3 is 0 Å². The van der Waals surface area contributed by atoms with E-state index in [1.165, 1.54) is 0 Å². The summed E-state index contributed by atoms with van der Waals surface area (Å²) in [4.78, 5) is 14.4. The van der Waals surface area contributed by atoms with Crippen LogP contribution in [0.25, 0.3) is 10.9 Å². The van der Waals surface area contributed by atoms with Crippen molar-refractivity contribution in [3.63, 3.8) is 0 Å². The second kappa shape index (κ2) is 2.74. The molecule has 0 unspecified atom stereocenters. The molecular formula is C10H6NO. The lowest BCUT2D eigenvalue weighted by Gasteiger charge is -1.94. The minimum atomic E-state index is 0.355. The summed E-state index contributed by atoms with van der Waals surface area (Å²) < 4.78 is 0. The molecule has 0 saturated heterocycles. The molecule has 1 radical (unpaired) electrons. The van der Waals surface area contributed by atoms with Gasteiger partial charge < -0.3 is 0 Å². The highest BCUT2D eigenvalue weighted by molar-refractivity contribution is 5.82. The van der Waals surface area contributed by atoms with Crippen LogP contribution in [0.1, 0.15) is 10.5 Å². The SMILES string of the molecule is O=Cc1[c]cc2ccccc2n1. The molecule has 2 rings (SSSR count). The number of nitrogens with zero attached hydrogens (tertiary/aromatic N) is 1. The lowest BCUT2D eigenvalue weighted by Crippen LogP contribution is -1.86. The molecule has 0 spiro atoms. The highest BCUT2D eigenvalue weighted by Crippen LogP contribution is 2.09. The third-order valence-corrected chi connectivity index (χ3v) is 1.66. The Bertz CT molecular complexity index is 423. The van der Waals surface area contributed by atoms with E-state index in [-0.39, 0.29) is 0 Å². The van der Waals surface area contributed by atoms with Gasteiger partial charge in [-0.2, -0.15) is 0 Å². The second-order valence-electron chi connectivity index (χ2n) is 2.46. The molecule has 0 aliphatic heterocycles. The summed E-state index contributed by atoms with van der Waals surface area (Å²) >= 11 is 0. The predicted octanol–water partition coefficient (Wildman–Crippen LogP) is 1.85. The van der Waals surface area contributed by atoms with Crippen LogP contribution in [0.3, 0.4) is 0 Å². The van der Waals surface area contributed by atoms with Crippen LogP contribution < -0.4 is 0 Å². The standard InChI is InChI=1S/C10H6NO/c12-7-9-6-5-8-3-1-2-4-10(8)11-9/h1-5,7H. The summed E-state index contributed by atoms with van der Waals surface area (Å²) in [6.07, 6.45) is 0.701. The first-order valence-electron chi connectivity index (χ1n) is 3.63. The van der Waals surface area contributed by atoms with Crippen LogP contribution in [-0.2, 0) is 0 Å². The van der Waals surface area contributed by atoms with Gasteiger partial charge in [-0.1, -0.05) is 18.2 Å². The fourth-order valence-corrected chi connectivity index (χ4v) is 1.09. The molecule has 0 saturated carbocycles. The van der Waals surface area contributed by atoms with E-state index in [0.29, 0.717) is 12.0 Å². The van der Waals surface area contributed by atoms with Crippen molar-refractivity contribution < 1.29 is 4.79 Å². The van der Waals surface area contributed by atoms with Gasteiger partial charge in [-0.05, 0) is 12.1 Å². The van der Waals surface area contributed by atoms with Crippen molar-refractivity contribution in [2.45, 2.75) is 0 Å². The highest BCUT2D eigenvalue weighted by Gasteiger charge is 1.94. The number of pyridine rings is 1. The van der Waals surface area contributed by atoms with Gasteiger partial charge in [0.2, 0.25) is 0 Å². The Balaban J connectivity index is 2.75. The van der Waals surface area contributed by atoms with E-state index in [2.05, 4.69) is 11.1 Å². The first kappa shape index (κ1) is 6.98. The monoisotopic (exact) mass is 156 g/mol. The minimum Gasteiger partial charge on any atom is -0.296 e. The van der Waals surface area contributed by atoms with Crippen LogP contribution in [0.2, 0.25) is 0 Å². The number of rotatable bonds is 1. The Kier molecular flexibility index (Phi) is 1.59. The number of benzene rings is 1. The van der Waals surface area contributed by atoms with Crippen LogP contribution in [-0.4, -0.2) is 11.3 Å². The Labute approximate surface area is 69.9 Å². The van der Waals surface area contributed by atoms with E-state index in [4.69, 9.17) is 0 Å². The number of aromatic nitrogens is 1. The van der Waals surface area contributed by atoms with Crippen LogP contribution >= 0.6 is 0 Å². The van der Waals surface area contributed by atoms with Crippen LogP contribution in [0.4, 0.5) is 0 Å². The zero-order valence-electron chi connectivity index (χ0n) is 6.32. The van der Waals surface area contributed by atoms with Gasteiger partial charge in [0.1, 0.15) is 5.69 Å². The third kappa shape index (κ3) is 1.07. The Hall–Kier alpha value is -1.70. The van der Waals surface area contributed by atoms with Crippen molar-refractivity contribution in [3.8, 4) is 0 Å². The Morgan fingerprint density at radius 3 is 3.00 bits per heavy atom. The van der Waals surface area contributed by atoms with Crippen molar-refractivity contribution in [2.24, 2.45) is 0 Å². The first-order chi connectivity index (χ1) is 5.90. The molecule has 0 atom stereocenters. The maximum absolute atomic E-state index is 10.4.